The van der Waals surface area contributed by atoms with E-state index in [0.717, 1.165) is 55.8 Å². The second-order valence-electron chi connectivity index (χ2n) is 11.9. The summed E-state index contributed by atoms with van der Waals surface area (Å²) in [5, 5.41) is 9.82. The molecule has 0 aliphatic carbocycles. The van der Waals surface area contributed by atoms with Crippen molar-refractivity contribution in [3.8, 4) is 17.3 Å². The zero-order chi connectivity index (χ0) is 27.2. The molecule has 2 aromatic heterocycles. The van der Waals surface area contributed by atoms with Gasteiger partial charge in [0.15, 0.2) is 5.65 Å². The average Bonchev–Trinajstić information content (AvgIpc) is 3.35. The van der Waals surface area contributed by atoms with Crippen molar-refractivity contribution in [3.05, 3.63) is 51.9 Å². The van der Waals surface area contributed by atoms with Crippen LogP contribution in [-0.4, -0.2) is 76.8 Å². The molecular formula is C28H38N6O3S. The molecule has 2 N–H and O–H groups in total. The molecule has 2 fully saturated rings. The quantitative estimate of drug-likeness (QED) is 0.506. The topological polar surface area (TPSA) is 111 Å². The van der Waals surface area contributed by atoms with Gasteiger partial charge in [-0.1, -0.05) is 26.8 Å². The minimum Gasteiger partial charge on any atom is -0.299 e. The fourth-order valence-corrected chi connectivity index (χ4v) is 7.49. The number of rotatable bonds is 5. The van der Waals surface area contributed by atoms with E-state index >= 15 is 0 Å². The summed E-state index contributed by atoms with van der Waals surface area (Å²) in [6.07, 6.45) is 0.865. The molecule has 9 nitrogen and oxygen atoms in total. The van der Waals surface area contributed by atoms with Gasteiger partial charge < -0.3 is 0 Å². The third-order valence-electron chi connectivity index (χ3n) is 7.66. The van der Waals surface area contributed by atoms with E-state index in [-0.39, 0.29) is 17.1 Å². The highest BCUT2D eigenvalue weighted by Crippen LogP contribution is 2.47. The SMILES string of the molecule is Cn1c(=O)n(CC(C)(C)C)c2ccc(-c3cc(CN4CCN(C5CCS(O)(O)C5)CC4)ccc3C#N)nc21. The van der Waals surface area contributed by atoms with E-state index in [0.29, 0.717) is 35.0 Å². The molecule has 0 saturated carbocycles. The number of hydrogen-bond acceptors (Lipinski definition) is 7. The predicted octanol–water partition coefficient (Wildman–Crippen LogP) is 3.96. The van der Waals surface area contributed by atoms with Gasteiger partial charge in [-0.3, -0.25) is 28.0 Å². The zero-order valence-electron chi connectivity index (χ0n) is 22.7. The van der Waals surface area contributed by atoms with E-state index in [2.05, 4.69) is 42.7 Å². The number of nitriles is 1. The third-order valence-corrected chi connectivity index (χ3v) is 9.47. The van der Waals surface area contributed by atoms with Gasteiger partial charge in [0.25, 0.3) is 0 Å². The van der Waals surface area contributed by atoms with Gasteiger partial charge in [0.1, 0.15) is 0 Å². The minimum absolute atomic E-state index is 0.0506. The van der Waals surface area contributed by atoms with Crippen molar-refractivity contribution in [3.63, 3.8) is 0 Å². The number of nitrogens with zero attached hydrogens (tertiary/aromatic N) is 6. The monoisotopic (exact) mass is 538 g/mol. The molecule has 0 radical (unpaired) electrons. The summed E-state index contributed by atoms with van der Waals surface area (Å²) in [6.45, 7) is 11.4. The Kier molecular flexibility index (Phi) is 7.18. The molecule has 10 heteroatoms. The van der Waals surface area contributed by atoms with E-state index in [1.807, 2.05) is 24.3 Å². The van der Waals surface area contributed by atoms with Crippen molar-refractivity contribution in [2.45, 2.75) is 46.3 Å². The number of pyridine rings is 1. The number of fused-ring (bicyclic) bond motifs is 1. The number of hydrogen-bond donors (Lipinski definition) is 2. The first-order valence-corrected chi connectivity index (χ1v) is 15.1. The summed E-state index contributed by atoms with van der Waals surface area (Å²) >= 11 is 0. The summed E-state index contributed by atoms with van der Waals surface area (Å²) < 4.78 is 23.4. The maximum absolute atomic E-state index is 13.0. The van der Waals surface area contributed by atoms with E-state index in [1.54, 1.807) is 16.2 Å². The number of benzene rings is 1. The van der Waals surface area contributed by atoms with Crippen molar-refractivity contribution in [1.82, 2.24) is 23.9 Å². The van der Waals surface area contributed by atoms with Gasteiger partial charge in [0.2, 0.25) is 0 Å². The van der Waals surface area contributed by atoms with E-state index in [1.165, 1.54) is 0 Å². The van der Waals surface area contributed by atoms with Gasteiger partial charge in [0.05, 0.1) is 28.6 Å². The molecule has 204 valence electrons. The van der Waals surface area contributed by atoms with Crippen molar-refractivity contribution in [2.24, 2.45) is 12.5 Å². The van der Waals surface area contributed by atoms with Gasteiger partial charge in [0, 0.05) is 63.7 Å². The van der Waals surface area contributed by atoms with Gasteiger partial charge in [-0.25, -0.2) is 9.78 Å². The van der Waals surface area contributed by atoms with Gasteiger partial charge in [-0.2, -0.15) is 15.9 Å². The van der Waals surface area contributed by atoms with Crippen LogP contribution in [0.15, 0.2) is 35.1 Å². The summed E-state index contributed by atoms with van der Waals surface area (Å²) in [6, 6.07) is 12.4. The maximum Gasteiger partial charge on any atom is 0.330 e. The van der Waals surface area contributed by atoms with Crippen LogP contribution in [-0.2, 0) is 20.1 Å². The standard InChI is InChI=1S/C28H38N6O3S/c1-28(2,3)19-34-25-8-7-24(30-26(25)31(4)27(34)35)23-15-20(5-6-21(23)16-29)17-32-10-12-33(13-11-32)22-9-14-38(36,37)18-22/h5-8,15,22,36-37H,9-14,17-19H2,1-4H3. The molecule has 1 atom stereocenters. The molecule has 3 aromatic rings. The van der Waals surface area contributed by atoms with Crippen LogP contribution in [0, 0.1) is 16.7 Å². The average molecular weight is 539 g/mol. The number of piperazine rings is 1. The maximum atomic E-state index is 13.0. The first-order valence-electron chi connectivity index (χ1n) is 13.2. The molecule has 4 heterocycles. The largest absolute Gasteiger partial charge is 0.330 e. The molecule has 0 amide bonds. The second kappa shape index (κ2) is 10.1. The zero-order valence-corrected chi connectivity index (χ0v) is 23.5. The van der Waals surface area contributed by atoms with Crippen molar-refractivity contribution in [2.75, 3.05) is 37.7 Å². The number of aryl methyl sites for hydroxylation is 1. The Morgan fingerprint density at radius 2 is 1.87 bits per heavy atom. The molecule has 1 aromatic carbocycles. The van der Waals surface area contributed by atoms with Crippen LogP contribution >= 0.6 is 10.6 Å². The van der Waals surface area contributed by atoms with E-state index < -0.39 is 10.6 Å². The molecular weight excluding hydrogens is 500 g/mol. The molecule has 2 aliphatic rings. The highest BCUT2D eigenvalue weighted by atomic mass is 32.3. The minimum atomic E-state index is -2.38. The number of imidazole rings is 1. The van der Waals surface area contributed by atoms with Crippen LogP contribution in [0.4, 0.5) is 0 Å². The molecule has 5 rings (SSSR count). The summed E-state index contributed by atoms with van der Waals surface area (Å²) in [7, 11) is -0.632. The van der Waals surface area contributed by atoms with Crippen LogP contribution < -0.4 is 5.69 Å². The van der Waals surface area contributed by atoms with Gasteiger partial charge >= 0.3 is 5.69 Å². The lowest BCUT2D eigenvalue weighted by atomic mass is 9.97. The van der Waals surface area contributed by atoms with Crippen LogP contribution in [0.3, 0.4) is 0 Å². The Morgan fingerprint density at radius 3 is 2.50 bits per heavy atom. The molecule has 38 heavy (non-hydrogen) atoms. The lowest BCUT2D eigenvalue weighted by molar-refractivity contribution is 0.0999. The Hall–Kier alpha value is -2.68. The molecule has 0 bridgehead atoms. The smallest absolute Gasteiger partial charge is 0.299 e. The predicted molar refractivity (Wildman–Crippen MR) is 152 cm³/mol. The second-order valence-corrected chi connectivity index (χ2v) is 14.3. The van der Waals surface area contributed by atoms with E-state index in [9.17, 15) is 19.2 Å². The number of aromatic nitrogens is 3. The van der Waals surface area contributed by atoms with Gasteiger partial charge in [-0.15, -0.1) is 0 Å². The van der Waals surface area contributed by atoms with Crippen molar-refractivity contribution in [1.29, 1.82) is 5.26 Å². The molecule has 1 unspecified atom stereocenters. The normalized spacial score (nSPS) is 21.6. The lowest BCUT2D eigenvalue weighted by Gasteiger charge is -2.38. The first-order chi connectivity index (χ1) is 17.9. The summed E-state index contributed by atoms with van der Waals surface area (Å²) in [4.78, 5) is 22.6. The Balaban J connectivity index is 1.36. The fraction of sp³-hybridized carbons (Fsp3) is 0.536. The summed E-state index contributed by atoms with van der Waals surface area (Å²) in [5.74, 6) is 1.04. The fourth-order valence-electron chi connectivity index (χ4n) is 5.68. The highest BCUT2D eigenvalue weighted by molar-refractivity contribution is 8.24. The lowest BCUT2D eigenvalue weighted by Crippen LogP contribution is -2.50. The Labute approximate surface area is 225 Å². The molecule has 2 aliphatic heterocycles. The van der Waals surface area contributed by atoms with Crippen LogP contribution in [0.1, 0.15) is 38.3 Å². The van der Waals surface area contributed by atoms with Crippen LogP contribution in [0.5, 0.6) is 0 Å². The van der Waals surface area contributed by atoms with Crippen molar-refractivity contribution >= 4 is 21.8 Å². The van der Waals surface area contributed by atoms with Crippen LogP contribution in [0.2, 0.25) is 0 Å². The summed E-state index contributed by atoms with van der Waals surface area (Å²) in [5.41, 5.74) is 4.41. The highest BCUT2D eigenvalue weighted by Gasteiger charge is 2.33. The first kappa shape index (κ1) is 26.9. The Bertz CT molecular complexity index is 1440. The molecule has 0 spiro atoms. The molecule has 2 saturated heterocycles. The van der Waals surface area contributed by atoms with Gasteiger partial charge in [-0.05, 0) is 41.7 Å². The Morgan fingerprint density at radius 1 is 1.13 bits per heavy atom. The third kappa shape index (κ3) is 5.53. The van der Waals surface area contributed by atoms with Crippen molar-refractivity contribution < 1.29 is 9.11 Å². The van der Waals surface area contributed by atoms with E-state index in [4.69, 9.17) is 4.98 Å². The van der Waals surface area contributed by atoms with Crippen LogP contribution in [0.25, 0.3) is 22.4 Å².